The number of furan rings is 1. The van der Waals surface area contributed by atoms with Crippen LogP contribution in [-0.2, 0) is 4.79 Å². The van der Waals surface area contributed by atoms with E-state index < -0.39 is 0 Å². The number of aryl methyl sites for hydroxylation is 1. The predicted molar refractivity (Wildman–Crippen MR) is 179 cm³/mol. The van der Waals surface area contributed by atoms with Crippen molar-refractivity contribution in [2.45, 2.75) is 6.92 Å². The zero-order valence-corrected chi connectivity index (χ0v) is 27.2. The first-order valence-electron chi connectivity index (χ1n) is 13.0. The summed E-state index contributed by atoms with van der Waals surface area (Å²) >= 11 is 10.5. The third-order valence-corrected chi connectivity index (χ3v) is 8.15. The van der Waals surface area contributed by atoms with Gasteiger partial charge in [-0.2, -0.15) is 9.78 Å². The number of aromatic nitrogens is 2. The Labute approximate surface area is 270 Å². The molecule has 6 aromatic rings. The average Bonchev–Trinajstić information content (AvgIpc) is 3.40. The summed E-state index contributed by atoms with van der Waals surface area (Å²) in [5.74, 6) is 0.838. The first kappa shape index (κ1) is 29.0. The highest BCUT2D eigenvalue weighted by Crippen LogP contribution is 2.35. The summed E-state index contributed by atoms with van der Waals surface area (Å²) in [6.07, 6.45) is 1.55. The minimum absolute atomic E-state index is 0.186. The lowest BCUT2D eigenvalue weighted by Gasteiger charge is -2.12. The first-order chi connectivity index (χ1) is 20.7. The number of rotatable bonds is 7. The number of carbonyl (C=O) groups excluding carboxylic acids is 1. The van der Waals surface area contributed by atoms with Gasteiger partial charge in [-0.15, -0.1) is 0 Å². The number of ether oxygens (including phenoxy) is 1. The standard InChI is InChI=1S/C32H21Br3N4O4/c1-18-6-9-22(10-7-18)37-29(40)17-42-30-24(34)12-19(13-25(30)35)16-36-39-31(38-26-5-3-2-4-23(26)32(39)41)28-15-20-14-21(33)8-11-27(20)43-28/h2-16H,17H2,1H3,(H,37,40). The van der Waals surface area contributed by atoms with Crippen molar-refractivity contribution in [2.75, 3.05) is 11.9 Å². The molecular weight excluding hydrogens is 744 g/mol. The zero-order valence-electron chi connectivity index (χ0n) is 22.5. The third-order valence-electron chi connectivity index (χ3n) is 6.48. The minimum Gasteiger partial charge on any atom is -0.481 e. The number of fused-ring (bicyclic) bond motifs is 2. The fourth-order valence-electron chi connectivity index (χ4n) is 4.40. The molecule has 0 bridgehead atoms. The van der Waals surface area contributed by atoms with Gasteiger partial charge in [-0.05, 0) is 105 Å². The maximum absolute atomic E-state index is 13.6. The molecule has 0 aliphatic carbocycles. The number of carbonyl (C=O) groups is 1. The van der Waals surface area contributed by atoms with Crippen LogP contribution in [0.25, 0.3) is 33.5 Å². The molecule has 0 aliphatic rings. The number of benzene rings is 4. The van der Waals surface area contributed by atoms with E-state index in [1.165, 1.54) is 4.68 Å². The molecule has 0 aliphatic heterocycles. The molecule has 6 rings (SSSR count). The van der Waals surface area contributed by atoms with E-state index in [-0.39, 0.29) is 23.9 Å². The van der Waals surface area contributed by atoms with Gasteiger partial charge in [0.15, 0.2) is 12.4 Å². The number of amides is 1. The highest BCUT2D eigenvalue weighted by molar-refractivity contribution is 9.11. The lowest BCUT2D eigenvalue weighted by Crippen LogP contribution is -2.20. The number of hydrogen-bond donors (Lipinski definition) is 1. The zero-order chi connectivity index (χ0) is 30.1. The Balaban J connectivity index is 1.29. The van der Waals surface area contributed by atoms with Gasteiger partial charge in [-0.25, -0.2) is 4.98 Å². The largest absolute Gasteiger partial charge is 0.481 e. The van der Waals surface area contributed by atoms with E-state index in [4.69, 9.17) is 14.1 Å². The van der Waals surface area contributed by atoms with Crippen molar-refractivity contribution >= 4 is 87.5 Å². The Morgan fingerprint density at radius 1 is 1.00 bits per heavy atom. The van der Waals surface area contributed by atoms with E-state index in [1.807, 2.05) is 61.5 Å². The lowest BCUT2D eigenvalue weighted by molar-refractivity contribution is -0.118. The van der Waals surface area contributed by atoms with Crippen LogP contribution in [-0.4, -0.2) is 28.4 Å². The van der Waals surface area contributed by atoms with Crippen molar-refractivity contribution < 1.29 is 13.9 Å². The predicted octanol–water partition coefficient (Wildman–Crippen LogP) is 8.31. The Morgan fingerprint density at radius 2 is 1.74 bits per heavy atom. The van der Waals surface area contributed by atoms with Crippen molar-refractivity contribution in [1.29, 1.82) is 0 Å². The van der Waals surface area contributed by atoms with Gasteiger partial charge in [0.25, 0.3) is 11.5 Å². The quantitative estimate of drug-likeness (QED) is 0.165. The van der Waals surface area contributed by atoms with Gasteiger partial charge >= 0.3 is 0 Å². The van der Waals surface area contributed by atoms with Gasteiger partial charge in [-0.1, -0.05) is 45.8 Å². The molecule has 0 unspecified atom stereocenters. The SMILES string of the molecule is Cc1ccc(NC(=O)COc2c(Br)cc(C=Nn3c(-c4cc5cc(Br)ccc5o4)nc4ccccc4c3=O)cc2Br)cc1. The van der Waals surface area contributed by atoms with Crippen molar-refractivity contribution in [3.05, 3.63) is 120 Å². The summed E-state index contributed by atoms with van der Waals surface area (Å²) in [5.41, 5.74) is 3.32. The van der Waals surface area contributed by atoms with Gasteiger partial charge in [-0.3, -0.25) is 9.59 Å². The number of para-hydroxylation sites is 1. The van der Waals surface area contributed by atoms with Crippen LogP contribution in [0.2, 0.25) is 0 Å². The van der Waals surface area contributed by atoms with Crippen LogP contribution in [0.15, 0.2) is 113 Å². The van der Waals surface area contributed by atoms with E-state index in [0.29, 0.717) is 48.2 Å². The molecule has 4 aromatic carbocycles. The van der Waals surface area contributed by atoms with E-state index in [9.17, 15) is 9.59 Å². The van der Waals surface area contributed by atoms with Crippen LogP contribution in [0.4, 0.5) is 5.69 Å². The summed E-state index contributed by atoms with van der Waals surface area (Å²) in [7, 11) is 0. The van der Waals surface area contributed by atoms with E-state index in [1.54, 1.807) is 36.5 Å². The number of nitrogens with one attached hydrogen (secondary N) is 1. The Hall–Kier alpha value is -4.06. The smallest absolute Gasteiger partial charge is 0.282 e. The number of hydrogen-bond acceptors (Lipinski definition) is 6. The highest BCUT2D eigenvalue weighted by Gasteiger charge is 2.17. The van der Waals surface area contributed by atoms with Crippen LogP contribution in [0.5, 0.6) is 5.75 Å². The summed E-state index contributed by atoms with van der Waals surface area (Å²) in [5, 5.41) is 8.63. The highest BCUT2D eigenvalue weighted by atomic mass is 79.9. The minimum atomic E-state index is -0.337. The van der Waals surface area contributed by atoms with Crippen molar-refractivity contribution in [2.24, 2.45) is 5.10 Å². The second kappa shape index (κ2) is 12.3. The van der Waals surface area contributed by atoms with Gasteiger partial charge in [0, 0.05) is 15.5 Å². The molecule has 2 heterocycles. The Kier molecular flexibility index (Phi) is 8.29. The maximum Gasteiger partial charge on any atom is 0.282 e. The molecule has 1 amide bonds. The van der Waals surface area contributed by atoms with Gasteiger partial charge in [0.1, 0.15) is 11.3 Å². The van der Waals surface area contributed by atoms with Crippen molar-refractivity contribution in [1.82, 2.24) is 9.66 Å². The molecule has 43 heavy (non-hydrogen) atoms. The molecule has 0 saturated heterocycles. The van der Waals surface area contributed by atoms with Crippen LogP contribution in [0, 0.1) is 6.92 Å². The lowest BCUT2D eigenvalue weighted by atomic mass is 10.2. The van der Waals surface area contributed by atoms with E-state index in [2.05, 4.69) is 58.2 Å². The number of halogens is 3. The fraction of sp³-hybridized carbons (Fsp3) is 0.0625. The van der Waals surface area contributed by atoms with Crippen LogP contribution in [0.1, 0.15) is 11.1 Å². The van der Waals surface area contributed by atoms with Crippen LogP contribution >= 0.6 is 47.8 Å². The number of anilines is 1. The van der Waals surface area contributed by atoms with Crippen molar-refractivity contribution in [3.63, 3.8) is 0 Å². The molecule has 0 radical (unpaired) electrons. The van der Waals surface area contributed by atoms with Crippen LogP contribution in [0.3, 0.4) is 0 Å². The fourth-order valence-corrected chi connectivity index (χ4v) is 6.23. The molecule has 8 nitrogen and oxygen atoms in total. The molecule has 2 aromatic heterocycles. The molecule has 0 fully saturated rings. The average molecular weight is 765 g/mol. The topological polar surface area (TPSA) is 98.7 Å². The molecular formula is C32H21Br3N4O4. The molecule has 0 spiro atoms. The third kappa shape index (κ3) is 6.34. The maximum atomic E-state index is 13.6. The first-order valence-corrected chi connectivity index (χ1v) is 15.4. The van der Waals surface area contributed by atoms with E-state index in [0.717, 1.165) is 15.4 Å². The summed E-state index contributed by atoms with van der Waals surface area (Å²) < 4.78 is 15.2. The normalized spacial score (nSPS) is 11.4. The van der Waals surface area contributed by atoms with Gasteiger partial charge < -0.3 is 14.5 Å². The molecule has 1 N–H and O–H groups in total. The Morgan fingerprint density at radius 3 is 2.51 bits per heavy atom. The second-order valence-corrected chi connectivity index (χ2v) is 12.2. The summed E-state index contributed by atoms with van der Waals surface area (Å²) in [4.78, 5) is 30.7. The Bertz CT molecular complexity index is 2080. The summed E-state index contributed by atoms with van der Waals surface area (Å²) in [6.45, 7) is 1.79. The van der Waals surface area contributed by atoms with Crippen LogP contribution < -0.4 is 15.6 Å². The number of nitrogens with zero attached hydrogens (tertiary/aromatic N) is 3. The molecule has 11 heteroatoms. The van der Waals surface area contributed by atoms with Gasteiger partial charge in [0.2, 0.25) is 5.82 Å². The van der Waals surface area contributed by atoms with E-state index >= 15 is 0 Å². The second-order valence-electron chi connectivity index (χ2n) is 9.62. The van der Waals surface area contributed by atoms with Crippen molar-refractivity contribution in [3.8, 4) is 17.3 Å². The summed E-state index contributed by atoms with van der Waals surface area (Å²) in [6, 6.07) is 25.7. The molecule has 0 atom stereocenters. The molecule has 0 saturated carbocycles. The van der Waals surface area contributed by atoms with Gasteiger partial charge in [0.05, 0.1) is 26.1 Å². The molecule has 214 valence electrons. The monoisotopic (exact) mass is 762 g/mol.